The first-order valence-corrected chi connectivity index (χ1v) is 7.05. The van der Waals surface area contributed by atoms with E-state index in [1.54, 1.807) is 38.3 Å². The van der Waals surface area contributed by atoms with Gasteiger partial charge in [0.15, 0.2) is 0 Å². The number of carbonyl (C=O) groups excluding carboxylic acids is 1. The van der Waals surface area contributed by atoms with Crippen molar-refractivity contribution >= 4 is 17.3 Å². The number of carbonyl (C=O) groups is 1. The van der Waals surface area contributed by atoms with Crippen LogP contribution in [-0.4, -0.2) is 25.3 Å². The first-order chi connectivity index (χ1) is 11.1. The average Bonchev–Trinajstić information content (AvgIpc) is 2.58. The molecule has 2 N–H and O–H groups in total. The van der Waals surface area contributed by atoms with Crippen LogP contribution in [0.1, 0.15) is 12.5 Å². The van der Waals surface area contributed by atoms with Gasteiger partial charge in [0.2, 0.25) is 0 Å². The molecule has 0 aliphatic rings. The number of ether oxygens (including phenoxy) is 1. The van der Waals surface area contributed by atoms with Crippen LogP contribution in [0.3, 0.4) is 0 Å². The summed E-state index contributed by atoms with van der Waals surface area (Å²) in [5.41, 5.74) is 4.38. The molecule has 23 heavy (non-hydrogen) atoms. The number of hydrogen-bond donors (Lipinski definition) is 2. The van der Waals surface area contributed by atoms with Gasteiger partial charge in [-0.1, -0.05) is 12.1 Å². The summed E-state index contributed by atoms with van der Waals surface area (Å²) in [7, 11) is 1.59. The number of benzene rings is 2. The van der Waals surface area contributed by atoms with Crippen LogP contribution in [0.25, 0.3) is 0 Å². The average molecular weight is 315 g/mol. The number of nitrogens with one attached hydrogen (secondary N) is 2. The predicted molar refractivity (Wildman–Crippen MR) is 88.2 cm³/mol. The van der Waals surface area contributed by atoms with E-state index in [4.69, 9.17) is 4.74 Å². The SMILES string of the molecule is COc1ccc(NCC(=O)N/N=C(\C)c2cccc(F)c2)cc1. The van der Waals surface area contributed by atoms with Crippen LogP contribution < -0.4 is 15.5 Å². The minimum absolute atomic E-state index is 0.0757. The van der Waals surface area contributed by atoms with Crippen molar-refractivity contribution < 1.29 is 13.9 Å². The van der Waals surface area contributed by atoms with E-state index in [0.29, 0.717) is 11.3 Å². The van der Waals surface area contributed by atoms with E-state index in [2.05, 4.69) is 15.8 Å². The molecule has 2 aromatic rings. The largest absolute Gasteiger partial charge is 0.497 e. The summed E-state index contributed by atoms with van der Waals surface area (Å²) in [4.78, 5) is 11.8. The lowest BCUT2D eigenvalue weighted by Crippen LogP contribution is -2.26. The smallest absolute Gasteiger partial charge is 0.259 e. The molecule has 0 aliphatic heterocycles. The van der Waals surface area contributed by atoms with Gasteiger partial charge in [-0.25, -0.2) is 9.82 Å². The second kappa shape index (κ2) is 7.93. The lowest BCUT2D eigenvalue weighted by Gasteiger charge is -2.07. The fraction of sp³-hybridized carbons (Fsp3) is 0.176. The van der Waals surface area contributed by atoms with Crippen molar-refractivity contribution in [3.8, 4) is 5.75 Å². The third-order valence-corrected chi connectivity index (χ3v) is 3.13. The molecule has 0 saturated heterocycles. The molecular formula is C17H18FN3O2. The molecule has 0 saturated carbocycles. The van der Waals surface area contributed by atoms with Crippen LogP contribution in [0.15, 0.2) is 53.6 Å². The normalized spacial score (nSPS) is 11.0. The molecule has 0 bridgehead atoms. The fourth-order valence-corrected chi connectivity index (χ4v) is 1.86. The lowest BCUT2D eigenvalue weighted by molar-refractivity contribution is -0.119. The Morgan fingerprint density at radius 3 is 2.61 bits per heavy atom. The Hall–Kier alpha value is -2.89. The zero-order valence-corrected chi connectivity index (χ0v) is 13.0. The standard InChI is InChI=1S/C17H18FN3O2/c1-12(13-4-3-5-14(18)10-13)20-21-17(22)11-19-15-6-8-16(23-2)9-7-15/h3-10,19H,11H2,1-2H3,(H,21,22)/b20-12+. The van der Waals surface area contributed by atoms with Gasteiger partial charge in [0.25, 0.3) is 5.91 Å². The van der Waals surface area contributed by atoms with Crippen molar-refractivity contribution in [2.24, 2.45) is 5.10 Å². The van der Waals surface area contributed by atoms with Crippen molar-refractivity contribution in [3.05, 3.63) is 59.9 Å². The van der Waals surface area contributed by atoms with Crippen LogP contribution in [0, 0.1) is 5.82 Å². The molecule has 0 unspecified atom stereocenters. The number of rotatable bonds is 6. The van der Waals surface area contributed by atoms with Gasteiger partial charge in [0.1, 0.15) is 11.6 Å². The summed E-state index contributed by atoms with van der Waals surface area (Å²) in [6, 6.07) is 13.3. The zero-order chi connectivity index (χ0) is 16.7. The molecule has 2 rings (SSSR count). The number of anilines is 1. The van der Waals surface area contributed by atoms with E-state index < -0.39 is 0 Å². The van der Waals surface area contributed by atoms with Crippen molar-refractivity contribution in [3.63, 3.8) is 0 Å². The molecule has 0 spiro atoms. The van der Waals surface area contributed by atoms with E-state index in [9.17, 15) is 9.18 Å². The summed E-state index contributed by atoms with van der Waals surface area (Å²) in [6.45, 7) is 1.78. The number of hydrogen-bond acceptors (Lipinski definition) is 4. The molecule has 1 amide bonds. The Balaban J connectivity index is 1.85. The Labute approximate surface area is 134 Å². The van der Waals surface area contributed by atoms with Gasteiger partial charge in [-0.15, -0.1) is 0 Å². The highest BCUT2D eigenvalue weighted by Crippen LogP contribution is 2.14. The van der Waals surface area contributed by atoms with E-state index >= 15 is 0 Å². The molecule has 5 nitrogen and oxygen atoms in total. The lowest BCUT2D eigenvalue weighted by atomic mass is 10.1. The van der Waals surface area contributed by atoms with Crippen molar-refractivity contribution in [2.75, 3.05) is 19.0 Å². The van der Waals surface area contributed by atoms with E-state index in [0.717, 1.165) is 11.4 Å². The topological polar surface area (TPSA) is 62.7 Å². The molecule has 0 aliphatic carbocycles. The van der Waals surface area contributed by atoms with Gasteiger partial charge in [-0.3, -0.25) is 4.79 Å². The Morgan fingerprint density at radius 1 is 1.22 bits per heavy atom. The number of nitrogens with zero attached hydrogens (tertiary/aromatic N) is 1. The van der Waals surface area contributed by atoms with E-state index in [1.807, 2.05) is 12.1 Å². The molecule has 0 radical (unpaired) electrons. The maximum atomic E-state index is 13.1. The van der Waals surface area contributed by atoms with Crippen LogP contribution in [0.4, 0.5) is 10.1 Å². The summed E-state index contributed by atoms with van der Waals surface area (Å²) in [6.07, 6.45) is 0. The van der Waals surface area contributed by atoms with Crippen LogP contribution in [-0.2, 0) is 4.79 Å². The predicted octanol–water partition coefficient (Wildman–Crippen LogP) is 2.79. The minimum Gasteiger partial charge on any atom is -0.497 e. The summed E-state index contributed by atoms with van der Waals surface area (Å²) in [5, 5.41) is 6.94. The first kappa shape index (κ1) is 16.5. The van der Waals surface area contributed by atoms with E-state index in [1.165, 1.54) is 12.1 Å². The second-order valence-corrected chi connectivity index (χ2v) is 4.82. The van der Waals surface area contributed by atoms with Gasteiger partial charge < -0.3 is 10.1 Å². The van der Waals surface area contributed by atoms with Gasteiger partial charge >= 0.3 is 0 Å². The van der Waals surface area contributed by atoms with Crippen LogP contribution >= 0.6 is 0 Å². The second-order valence-electron chi connectivity index (χ2n) is 4.82. The summed E-state index contributed by atoms with van der Waals surface area (Å²) >= 11 is 0. The third-order valence-electron chi connectivity index (χ3n) is 3.13. The number of halogens is 1. The van der Waals surface area contributed by atoms with Crippen LogP contribution in [0.5, 0.6) is 5.75 Å². The fourth-order valence-electron chi connectivity index (χ4n) is 1.86. The molecule has 0 fully saturated rings. The van der Waals surface area contributed by atoms with Gasteiger partial charge in [-0.2, -0.15) is 5.10 Å². The van der Waals surface area contributed by atoms with Crippen molar-refractivity contribution in [2.45, 2.75) is 6.92 Å². The molecule has 0 heterocycles. The minimum atomic E-state index is -0.343. The molecule has 2 aromatic carbocycles. The maximum absolute atomic E-state index is 13.1. The highest BCUT2D eigenvalue weighted by atomic mass is 19.1. The van der Waals surface area contributed by atoms with Gasteiger partial charge in [-0.05, 0) is 43.3 Å². The van der Waals surface area contributed by atoms with E-state index in [-0.39, 0.29) is 18.3 Å². The van der Waals surface area contributed by atoms with Crippen molar-refractivity contribution in [1.82, 2.24) is 5.43 Å². The van der Waals surface area contributed by atoms with Gasteiger partial charge in [0.05, 0.1) is 19.4 Å². The summed E-state index contributed by atoms with van der Waals surface area (Å²) < 4.78 is 18.2. The Bertz CT molecular complexity index is 699. The maximum Gasteiger partial charge on any atom is 0.259 e. The highest BCUT2D eigenvalue weighted by molar-refractivity contribution is 5.99. The first-order valence-electron chi connectivity index (χ1n) is 7.05. The molecule has 0 aromatic heterocycles. The third kappa shape index (κ3) is 5.10. The molecular weight excluding hydrogens is 297 g/mol. The van der Waals surface area contributed by atoms with Crippen LogP contribution in [0.2, 0.25) is 0 Å². The summed E-state index contributed by atoms with van der Waals surface area (Å²) in [5.74, 6) is 0.108. The molecule has 0 atom stereocenters. The molecule has 120 valence electrons. The number of hydrazone groups is 1. The zero-order valence-electron chi connectivity index (χ0n) is 13.0. The quantitative estimate of drug-likeness (QED) is 0.636. The Kier molecular flexibility index (Phi) is 5.68. The highest BCUT2D eigenvalue weighted by Gasteiger charge is 2.02. The van der Waals surface area contributed by atoms with Gasteiger partial charge in [0, 0.05) is 11.3 Å². The Morgan fingerprint density at radius 2 is 1.96 bits per heavy atom. The monoisotopic (exact) mass is 315 g/mol. The number of amides is 1. The number of methoxy groups -OCH3 is 1. The van der Waals surface area contributed by atoms with Crippen molar-refractivity contribution in [1.29, 1.82) is 0 Å². The molecule has 6 heteroatoms.